The van der Waals surface area contributed by atoms with Crippen LogP contribution in [0.4, 0.5) is 0 Å². The number of aromatic nitrogens is 1. The highest BCUT2D eigenvalue weighted by Crippen LogP contribution is 2.30. The fourth-order valence-electron chi connectivity index (χ4n) is 3.92. The van der Waals surface area contributed by atoms with Gasteiger partial charge in [0.15, 0.2) is 0 Å². The lowest BCUT2D eigenvalue weighted by Gasteiger charge is -2.32. The fourth-order valence-corrected chi connectivity index (χ4v) is 5.30. The Morgan fingerprint density at radius 2 is 1.80 bits per heavy atom. The Labute approximate surface area is 185 Å². The molecule has 3 aromatic rings. The maximum absolute atomic E-state index is 12.7. The summed E-state index contributed by atoms with van der Waals surface area (Å²) in [6, 6.07) is 16.8. The van der Waals surface area contributed by atoms with E-state index in [1.54, 1.807) is 17.0 Å². The van der Waals surface area contributed by atoms with Gasteiger partial charge in [0.1, 0.15) is 0 Å². The van der Waals surface area contributed by atoms with E-state index in [2.05, 4.69) is 39.1 Å². The van der Waals surface area contributed by atoms with Crippen LogP contribution >= 0.6 is 15.9 Å². The number of fused-ring (bicyclic) bond motifs is 1. The molecule has 30 heavy (non-hydrogen) atoms. The molecule has 0 radical (unpaired) electrons. The molecule has 1 aliphatic heterocycles. The van der Waals surface area contributed by atoms with Crippen LogP contribution in [0.1, 0.15) is 24.5 Å². The average molecular weight is 490 g/mol. The van der Waals surface area contributed by atoms with Crippen molar-refractivity contribution >= 4 is 42.8 Å². The first-order chi connectivity index (χ1) is 14.3. The Morgan fingerprint density at radius 3 is 2.47 bits per heavy atom. The molecule has 6 nitrogen and oxygen atoms in total. The second-order valence-electron chi connectivity index (χ2n) is 7.68. The van der Waals surface area contributed by atoms with Crippen LogP contribution < -0.4 is 0 Å². The fraction of sp³-hybridized carbons (Fsp3) is 0.318. The number of hydrogen-bond donors (Lipinski definition) is 1. The van der Waals surface area contributed by atoms with Crippen molar-refractivity contribution in [2.75, 3.05) is 26.7 Å². The summed E-state index contributed by atoms with van der Waals surface area (Å²) in [5.41, 5.74) is 2.34. The zero-order chi connectivity index (χ0) is 21.3. The number of hydrogen-bond acceptors (Lipinski definition) is 3. The molecule has 1 N–H and O–H groups in total. The third kappa shape index (κ3) is 4.31. The molecule has 0 spiro atoms. The molecule has 1 saturated heterocycles. The minimum Gasteiger partial charge on any atom is -0.358 e. The number of piperidine rings is 1. The van der Waals surface area contributed by atoms with Crippen molar-refractivity contribution in [1.29, 1.82) is 0 Å². The van der Waals surface area contributed by atoms with Crippen LogP contribution in [0.5, 0.6) is 0 Å². The lowest BCUT2D eigenvalue weighted by atomic mass is 9.93. The molecule has 0 atom stereocenters. The van der Waals surface area contributed by atoms with Gasteiger partial charge in [-0.25, -0.2) is 8.42 Å². The number of amides is 1. The van der Waals surface area contributed by atoms with Gasteiger partial charge in [0.05, 0.1) is 11.4 Å². The van der Waals surface area contributed by atoms with E-state index in [0.29, 0.717) is 19.0 Å². The predicted molar refractivity (Wildman–Crippen MR) is 121 cm³/mol. The SMILES string of the molecule is CN(CC(=O)N1CCC(c2cc3ccccc3[nH]2)CC1)S(=O)(=O)c1ccc(Br)cc1. The van der Waals surface area contributed by atoms with E-state index in [9.17, 15) is 13.2 Å². The highest BCUT2D eigenvalue weighted by Gasteiger charge is 2.28. The second kappa shape index (κ2) is 8.53. The van der Waals surface area contributed by atoms with Gasteiger partial charge >= 0.3 is 0 Å². The van der Waals surface area contributed by atoms with Crippen molar-refractivity contribution in [3.05, 3.63) is 64.8 Å². The van der Waals surface area contributed by atoms with E-state index in [1.807, 2.05) is 12.1 Å². The van der Waals surface area contributed by atoms with Crippen LogP contribution in [0.2, 0.25) is 0 Å². The summed E-state index contributed by atoms with van der Waals surface area (Å²) in [5, 5.41) is 1.20. The van der Waals surface area contributed by atoms with E-state index in [4.69, 9.17) is 0 Å². The maximum atomic E-state index is 12.7. The van der Waals surface area contributed by atoms with Crippen LogP contribution in [-0.2, 0) is 14.8 Å². The maximum Gasteiger partial charge on any atom is 0.243 e. The van der Waals surface area contributed by atoms with E-state index in [0.717, 1.165) is 27.1 Å². The first-order valence-corrected chi connectivity index (χ1v) is 12.2. The minimum atomic E-state index is -3.70. The molecule has 8 heteroatoms. The Bertz CT molecular complexity index is 1120. The van der Waals surface area contributed by atoms with Crippen LogP contribution in [0.25, 0.3) is 10.9 Å². The highest BCUT2D eigenvalue weighted by atomic mass is 79.9. The summed E-state index contributed by atoms with van der Waals surface area (Å²) in [6.45, 7) is 1.10. The third-order valence-electron chi connectivity index (χ3n) is 5.72. The normalized spacial score (nSPS) is 15.8. The Kier molecular flexibility index (Phi) is 5.99. The van der Waals surface area contributed by atoms with Gasteiger partial charge in [-0.3, -0.25) is 4.79 Å². The third-order valence-corrected chi connectivity index (χ3v) is 8.06. The van der Waals surface area contributed by atoms with Crippen LogP contribution in [0.3, 0.4) is 0 Å². The first kappa shape index (κ1) is 21.1. The minimum absolute atomic E-state index is 0.157. The Morgan fingerprint density at radius 1 is 1.13 bits per heavy atom. The molecule has 1 amide bonds. The van der Waals surface area contributed by atoms with Gasteiger partial charge in [0.25, 0.3) is 0 Å². The zero-order valence-corrected chi connectivity index (χ0v) is 19.1. The molecule has 1 aromatic heterocycles. The molecule has 1 aliphatic rings. The van der Waals surface area contributed by atoms with E-state index in [-0.39, 0.29) is 17.3 Å². The summed E-state index contributed by atoms with van der Waals surface area (Å²) in [5.74, 6) is 0.221. The first-order valence-electron chi connectivity index (χ1n) is 9.92. The van der Waals surface area contributed by atoms with Gasteiger partial charge in [-0.15, -0.1) is 0 Å². The highest BCUT2D eigenvalue weighted by molar-refractivity contribution is 9.10. The molecule has 0 aliphatic carbocycles. The summed E-state index contributed by atoms with van der Waals surface area (Å²) >= 11 is 3.30. The zero-order valence-electron chi connectivity index (χ0n) is 16.7. The van der Waals surface area contributed by atoms with Crippen molar-refractivity contribution in [1.82, 2.24) is 14.2 Å². The lowest BCUT2D eigenvalue weighted by Crippen LogP contribution is -2.44. The van der Waals surface area contributed by atoms with Gasteiger partial charge < -0.3 is 9.88 Å². The average Bonchev–Trinajstić information content (AvgIpc) is 3.18. The number of nitrogens with zero attached hydrogens (tertiary/aromatic N) is 2. The van der Waals surface area contributed by atoms with Crippen molar-refractivity contribution in [2.45, 2.75) is 23.7 Å². The van der Waals surface area contributed by atoms with Gasteiger partial charge in [-0.1, -0.05) is 34.1 Å². The van der Waals surface area contributed by atoms with Crippen molar-refractivity contribution in [3.63, 3.8) is 0 Å². The summed E-state index contributed by atoms with van der Waals surface area (Å²) < 4.78 is 27.4. The molecule has 0 unspecified atom stereocenters. The number of rotatable bonds is 5. The van der Waals surface area contributed by atoms with Crippen molar-refractivity contribution in [2.24, 2.45) is 0 Å². The Hall–Kier alpha value is -2.16. The number of H-pyrrole nitrogens is 1. The number of likely N-dealkylation sites (N-methyl/N-ethyl adjacent to an activating group) is 1. The topological polar surface area (TPSA) is 73.5 Å². The molecular formula is C22H24BrN3O3S. The lowest BCUT2D eigenvalue weighted by molar-refractivity contribution is -0.132. The Balaban J connectivity index is 1.36. The van der Waals surface area contributed by atoms with Crippen LogP contribution in [0, 0.1) is 0 Å². The second-order valence-corrected chi connectivity index (χ2v) is 10.6. The summed E-state index contributed by atoms with van der Waals surface area (Å²) in [7, 11) is -2.25. The number of carbonyl (C=O) groups is 1. The monoisotopic (exact) mass is 489 g/mol. The van der Waals surface area contributed by atoms with Crippen LogP contribution in [0.15, 0.2) is 64.0 Å². The number of benzene rings is 2. The smallest absolute Gasteiger partial charge is 0.243 e. The standard InChI is InChI=1S/C22H24BrN3O3S/c1-25(30(28,29)19-8-6-18(23)7-9-19)15-22(27)26-12-10-16(11-13-26)21-14-17-4-2-3-5-20(17)24-21/h2-9,14,16,24H,10-13,15H2,1H3. The van der Waals surface area contributed by atoms with Gasteiger partial charge in [0.2, 0.25) is 15.9 Å². The molecule has 0 saturated carbocycles. The quantitative estimate of drug-likeness (QED) is 0.589. The summed E-state index contributed by atoms with van der Waals surface area (Å²) in [6.07, 6.45) is 1.73. The van der Waals surface area contributed by atoms with E-state index in [1.165, 1.54) is 30.3 Å². The van der Waals surface area contributed by atoms with Gasteiger partial charge in [-0.2, -0.15) is 4.31 Å². The molecule has 2 aromatic carbocycles. The van der Waals surface area contributed by atoms with E-state index < -0.39 is 10.0 Å². The number of para-hydroxylation sites is 1. The number of likely N-dealkylation sites (tertiary alicyclic amines) is 1. The molecule has 4 rings (SSSR count). The molecule has 2 heterocycles. The summed E-state index contributed by atoms with van der Waals surface area (Å²) in [4.78, 5) is 18.2. The number of carbonyl (C=O) groups excluding carboxylic acids is 1. The van der Waals surface area contributed by atoms with Crippen molar-refractivity contribution < 1.29 is 13.2 Å². The number of halogens is 1. The number of sulfonamides is 1. The van der Waals surface area contributed by atoms with Crippen LogP contribution in [-0.4, -0.2) is 55.2 Å². The molecule has 0 bridgehead atoms. The predicted octanol–water partition coefficient (Wildman–Crippen LogP) is 3.96. The largest absolute Gasteiger partial charge is 0.358 e. The number of aromatic amines is 1. The van der Waals surface area contributed by atoms with E-state index >= 15 is 0 Å². The molecular weight excluding hydrogens is 466 g/mol. The molecule has 1 fully saturated rings. The number of nitrogens with one attached hydrogen (secondary N) is 1. The van der Waals surface area contributed by atoms with Crippen molar-refractivity contribution in [3.8, 4) is 0 Å². The molecule has 158 valence electrons. The van der Waals surface area contributed by atoms with Gasteiger partial charge in [-0.05, 0) is 54.6 Å². The van der Waals surface area contributed by atoms with Gasteiger partial charge in [0, 0.05) is 41.7 Å².